The number of ketones is 1. The van der Waals surface area contributed by atoms with E-state index in [0.29, 0.717) is 19.3 Å². The number of fused-ring (bicyclic) bond motifs is 5. The molecule has 0 amide bonds. The van der Waals surface area contributed by atoms with Gasteiger partial charge in [-0.3, -0.25) is 4.79 Å². The molecule has 0 aromatic rings. The molecule has 0 aromatic carbocycles. The van der Waals surface area contributed by atoms with Crippen LogP contribution in [-0.4, -0.2) is 33.9 Å². The van der Waals surface area contributed by atoms with Gasteiger partial charge in [0.05, 0.1) is 12.2 Å². The number of alkyl halides is 1. The minimum atomic E-state index is -1.78. The minimum absolute atomic E-state index is 0.0836. The first kappa shape index (κ1) is 17.4. The van der Waals surface area contributed by atoms with Gasteiger partial charge in [0.2, 0.25) is 0 Å². The fraction of sp³-hybridized carbons (Fsp3) is 0.762. The van der Waals surface area contributed by atoms with Crippen LogP contribution in [0, 0.1) is 28.6 Å². The summed E-state index contributed by atoms with van der Waals surface area (Å²) in [5.74, 6) is -0.156. The number of aliphatic hydroxyl groups is 2. The Labute approximate surface area is 149 Å². The van der Waals surface area contributed by atoms with E-state index in [1.807, 2.05) is 13.8 Å². The van der Waals surface area contributed by atoms with Gasteiger partial charge in [0.25, 0.3) is 0 Å². The Morgan fingerprint density at radius 3 is 2.72 bits per heavy atom. The maximum Gasteiger partial charge on any atom is 0.178 e. The Bertz CT molecular complexity index is 670. The van der Waals surface area contributed by atoms with Crippen molar-refractivity contribution in [2.75, 3.05) is 0 Å². The second-order valence-electron chi connectivity index (χ2n) is 9.09. The molecule has 0 aliphatic heterocycles. The van der Waals surface area contributed by atoms with Crippen LogP contribution in [0.2, 0.25) is 0 Å². The van der Waals surface area contributed by atoms with Gasteiger partial charge in [-0.25, -0.2) is 4.39 Å². The number of hydrogen-bond acceptors (Lipinski definition) is 3. The summed E-state index contributed by atoms with van der Waals surface area (Å²) in [6.45, 7) is 5.94. The molecule has 4 aliphatic rings. The molecule has 4 heteroatoms. The number of carbonyl (C=O) groups is 1. The van der Waals surface area contributed by atoms with Crippen molar-refractivity contribution < 1.29 is 19.4 Å². The molecule has 3 fully saturated rings. The average molecular weight is 348 g/mol. The van der Waals surface area contributed by atoms with Crippen molar-refractivity contribution in [1.29, 1.82) is 0 Å². The van der Waals surface area contributed by atoms with Gasteiger partial charge in [0, 0.05) is 16.7 Å². The van der Waals surface area contributed by atoms with Crippen LogP contribution in [0.4, 0.5) is 4.39 Å². The van der Waals surface area contributed by atoms with Crippen molar-refractivity contribution in [3.63, 3.8) is 0 Å². The van der Waals surface area contributed by atoms with E-state index in [-0.39, 0.29) is 29.0 Å². The number of rotatable bonds is 1. The predicted molar refractivity (Wildman–Crippen MR) is 93.5 cm³/mol. The quantitative estimate of drug-likeness (QED) is 0.764. The van der Waals surface area contributed by atoms with E-state index >= 15 is 4.39 Å². The van der Waals surface area contributed by atoms with Gasteiger partial charge >= 0.3 is 0 Å². The fourth-order valence-electron chi connectivity index (χ4n) is 6.94. The largest absolute Gasteiger partial charge is 0.392 e. The van der Waals surface area contributed by atoms with Crippen LogP contribution in [0.3, 0.4) is 0 Å². The molecular formula is C21H29FO3. The first-order valence-corrected chi connectivity index (χ1v) is 9.70. The Morgan fingerprint density at radius 1 is 1.32 bits per heavy atom. The fourth-order valence-corrected chi connectivity index (χ4v) is 6.94. The highest BCUT2D eigenvalue weighted by atomic mass is 19.1. The highest BCUT2D eigenvalue weighted by Gasteiger charge is 2.71. The zero-order valence-electron chi connectivity index (χ0n) is 15.3. The summed E-state index contributed by atoms with van der Waals surface area (Å²) in [6, 6.07) is 0. The van der Waals surface area contributed by atoms with E-state index in [2.05, 4.69) is 6.92 Å². The van der Waals surface area contributed by atoms with E-state index in [1.54, 1.807) is 12.2 Å². The lowest BCUT2D eigenvalue weighted by atomic mass is 9.45. The summed E-state index contributed by atoms with van der Waals surface area (Å²) >= 11 is 0. The topological polar surface area (TPSA) is 57.5 Å². The Kier molecular flexibility index (Phi) is 3.66. The molecule has 0 aromatic heterocycles. The lowest BCUT2D eigenvalue weighted by molar-refractivity contribution is -0.206. The summed E-state index contributed by atoms with van der Waals surface area (Å²) in [7, 11) is 0. The third kappa shape index (κ3) is 1.90. The Morgan fingerprint density at radius 2 is 2.04 bits per heavy atom. The number of halogens is 1. The van der Waals surface area contributed by atoms with Gasteiger partial charge in [-0.15, -0.1) is 0 Å². The van der Waals surface area contributed by atoms with Gasteiger partial charge in [-0.2, -0.15) is 0 Å². The Balaban J connectivity index is 1.84. The molecular weight excluding hydrogens is 319 g/mol. The van der Waals surface area contributed by atoms with Crippen molar-refractivity contribution in [2.45, 2.75) is 70.8 Å². The number of hydrogen-bond donors (Lipinski definition) is 2. The van der Waals surface area contributed by atoms with Gasteiger partial charge < -0.3 is 10.2 Å². The monoisotopic (exact) mass is 348 g/mol. The summed E-state index contributed by atoms with van der Waals surface area (Å²) in [5.41, 5.74) is -2.28. The third-order valence-corrected chi connectivity index (χ3v) is 8.32. The summed E-state index contributed by atoms with van der Waals surface area (Å²) in [6.07, 6.45) is 6.32. The first-order valence-electron chi connectivity index (χ1n) is 9.70. The molecule has 138 valence electrons. The van der Waals surface area contributed by atoms with E-state index < -0.39 is 23.3 Å². The van der Waals surface area contributed by atoms with Gasteiger partial charge in [-0.1, -0.05) is 25.5 Å². The molecule has 0 saturated heterocycles. The van der Waals surface area contributed by atoms with E-state index in [1.165, 1.54) is 6.08 Å². The zero-order chi connectivity index (χ0) is 18.2. The van der Waals surface area contributed by atoms with E-state index in [4.69, 9.17) is 0 Å². The van der Waals surface area contributed by atoms with Crippen molar-refractivity contribution >= 4 is 5.78 Å². The first-order chi connectivity index (χ1) is 11.7. The lowest BCUT2D eigenvalue weighted by Crippen LogP contribution is -2.67. The minimum Gasteiger partial charge on any atom is -0.392 e. The average Bonchev–Trinajstić information content (AvgIpc) is 2.82. The van der Waals surface area contributed by atoms with Gasteiger partial charge in [0.15, 0.2) is 11.5 Å². The standard InChI is InChI=1S/C21H29FO3/c1-4-20-11-17(24)21(22)15(16(20)9-12(2)18(20)25)6-5-13-10-14(23)7-8-19(13,21)3/h7-8,10,12,15-18,24-25H,4-6,9,11H2,1-3H3/t12-,15-,16-,17-,18+,19-,20-,21-/m0/s1. The van der Waals surface area contributed by atoms with Gasteiger partial charge in [0.1, 0.15) is 0 Å². The second kappa shape index (κ2) is 5.26. The molecule has 0 heterocycles. The smallest absolute Gasteiger partial charge is 0.178 e. The molecule has 0 radical (unpaired) electrons. The SMILES string of the molecule is CC[C@]12C[C@H](O)[C@@]3(F)[C@@H](CCC4=CC(=O)C=C[C@@]43C)[C@@H]1C[C@H](C)[C@H]2O. The van der Waals surface area contributed by atoms with Crippen molar-refractivity contribution in [3.8, 4) is 0 Å². The molecule has 0 unspecified atom stereocenters. The second-order valence-corrected chi connectivity index (χ2v) is 9.09. The summed E-state index contributed by atoms with van der Waals surface area (Å²) in [4.78, 5) is 11.8. The van der Waals surface area contributed by atoms with E-state index in [9.17, 15) is 15.0 Å². The van der Waals surface area contributed by atoms with Crippen LogP contribution in [0.1, 0.15) is 52.9 Å². The zero-order valence-corrected chi connectivity index (χ0v) is 15.3. The predicted octanol–water partition coefficient (Wildman–Crippen LogP) is 3.35. The molecule has 2 N–H and O–H groups in total. The van der Waals surface area contributed by atoms with Crippen LogP contribution in [-0.2, 0) is 4.79 Å². The summed E-state index contributed by atoms with van der Waals surface area (Å²) < 4.78 is 16.7. The Hall–Kier alpha value is -1.00. The molecule has 4 aliphatic carbocycles. The molecule has 8 atom stereocenters. The van der Waals surface area contributed by atoms with Crippen LogP contribution in [0.25, 0.3) is 0 Å². The molecule has 0 spiro atoms. The number of aliphatic hydroxyl groups excluding tert-OH is 2. The van der Waals surface area contributed by atoms with Crippen molar-refractivity contribution in [2.24, 2.45) is 28.6 Å². The maximum atomic E-state index is 16.7. The highest BCUT2D eigenvalue weighted by molar-refractivity contribution is 6.01. The molecule has 3 saturated carbocycles. The lowest BCUT2D eigenvalue weighted by Gasteiger charge is -2.62. The van der Waals surface area contributed by atoms with Crippen LogP contribution in [0.5, 0.6) is 0 Å². The molecule has 4 rings (SSSR count). The van der Waals surface area contributed by atoms with Crippen LogP contribution < -0.4 is 0 Å². The van der Waals surface area contributed by atoms with Gasteiger partial charge in [-0.05, 0) is 63.0 Å². The highest BCUT2D eigenvalue weighted by Crippen LogP contribution is 2.69. The van der Waals surface area contributed by atoms with Crippen molar-refractivity contribution in [3.05, 3.63) is 23.8 Å². The van der Waals surface area contributed by atoms with E-state index in [0.717, 1.165) is 18.4 Å². The van der Waals surface area contributed by atoms with Crippen molar-refractivity contribution in [1.82, 2.24) is 0 Å². The maximum absolute atomic E-state index is 16.7. The molecule has 3 nitrogen and oxygen atoms in total. The normalized spacial score (nSPS) is 54.6. The summed E-state index contributed by atoms with van der Waals surface area (Å²) in [5, 5.41) is 21.9. The number of carbonyl (C=O) groups excluding carboxylic acids is 1. The van der Waals surface area contributed by atoms with Crippen LogP contribution >= 0.6 is 0 Å². The third-order valence-electron chi connectivity index (χ3n) is 8.32. The molecule has 0 bridgehead atoms. The number of allylic oxidation sites excluding steroid dienone is 4. The van der Waals surface area contributed by atoms with Crippen LogP contribution in [0.15, 0.2) is 23.8 Å². The molecule has 25 heavy (non-hydrogen) atoms.